The highest BCUT2D eigenvalue weighted by molar-refractivity contribution is 14.0. The van der Waals surface area contributed by atoms with Gasteiger partial charge in [-0.1, -0.05) is 12.1 Å². The van der Waals surface area contributed by atoms with Gasteiger partial charge in [0.1, 0.15) is 0 Å². The molecule has 0 saturated carbocycles. The van der Waals surface area contributed by atoms with Crippen LogP contribution in [0.5, 0.6) is 0 Å². The van der Waals surface area contributed by atoms with E-state index in [9.17, 15) is 0 Å². The van der Waals surface area contributed by atoms with Crippen LogP contribution in [0.2, 0.25) is 0 Å². The lowest BCUT2D eigenvalue weighted by atomic mass is 10.2. The SMILES string of the molecule is CSc1ccc(CN=C(N)NC(C)C)cc1.I. The molecule has 3 N–H and O–H groups in total. The second-order valence-electron chi connectivity index (χ2n) is 3.85. The van der Waals surface area contributed by atoms with Gasteiger partial charge in [0.2, 0.25) is 0 Å². The zero-order chi connectivity index (χ0) is 12.0. The Balaban J connectivity index is 0.00000256. The lowest BCUT2D eigenvalue weighted by molar-refractivity contribution is 0.723. The van der Waals surface area contributed by atoms with Gasteiger partial charge in [-0.25, -0.2) is 4.99 Å². The number of hydrogen-bond acceptors (Lipinski definition) is 2. The van der Waals surface area contributed by atoms with Crippen LogP contribution in [0, 0.1) is 0 Å². The number of rotatable bonds is 4. The van der Waals surface area contributed by atoms with Crippen LogP contribution < -0.4 is 11.1 Å². The second kappa shape index (κ2) is 8.63. The van der Waals surface area contributed by atoms with Gasteiger partial charge in [0.25, 0.3) is 0 Å². The smallest absolute Gasteiger partial charge is 0.189 e. The number of hydrogen-bond donors (Lipinski definition) is 2. The predicted octanol–water partition coefficient (Wildman–Crippen LogP) is 2.84. The molecule has 1 aromatic rings. The Hall–Kier alpha value is -0.430. The maximum Gasteiger partial charge on any atom is 0.189 e. The molecule has 3 nitrogen and oxygen atoms in total. The fourth-order valence-corrected chi connectivity index (χ4v) is 1.66. The number of nitrogens with two attached hydrogens (primary N) is 1. The summed E-state index contributed by atoms with van der Waals surface area (Å²) in [6.45, 7) is 4.70. The van der Waals surface area contributed by atoms with E-state index in [-0.39, 0.29) is 24.0 Å². The number of nitrogens with zero attached hydrogens (tertiary/aromatic N) is 1. The van der Waals surface area contributed by atoms with Crippen LogP contribution in [0.15, 0.2) is 34.2 Å². The Kier molecular flexibility index (Phi) is 8.41. The van der Waals surface area contributed by atoms with Crippen molar-refractivity contribution in [3.63, 3.8) is 0 Å². The summed E-state index contributed by atoms with van der Waals surface area (Å²) in [5.74, 6) is 0.504. The van der Waals surface area contributed by atoms with Gasteiger partial charge in [-0.3, -0.25) is 0 Å². The summed E-state index contributed by atoms with van der Waals surface area (Å²) in [5.41, 5.74) is 6.89. The van der Waals surface area contributed by atoms with Crippen LogP contribution in [0.25, 0.3) is 0 Å². The first kappa shape index (κ1) is 16.6. The maximum absolute atomic E-state index is 5.71. The Morgan fingerprint density at radius 1 is 1.35 bits per heavy atom. The summed E-state index contributed by atoms with van der Waals surface area (Å²) in [6.07, 6.45) is 2.07. The van der Waals surface area contributed by atoms with Crippen LogP contribution in [-0.2, 0) is 6.54 Å². The molecule has 0 aromatic heterocycles. The van der Waals surface area contributed by atoms with E-state index in [0.29, 0.717) is 18.5 Å². The Bertz CT molecular complexity index is 349. The molecule has 0 saturated heterocycles. The average molecular weight is 365 g/mol. The van der Waals surface area contributed by atoms with E-state index in [4.69, 9.17) is 5.73 Å². The third kappa shape index (κ3) is 6.78. The van der Waals surface area contributed by atoms with E-state index in [0.717, 1.165) is 0 Å². The molecule has 0 heterocycles. The lowest BCUT2D eigenvalue weighted by Crippen LogP contribution is -2.36. The molecule has 0 unspecified atom stereocenters. The van der Waals surface area contributed by atoms with Crippen molar-refractivity contribution in [2.45, 2.75) is 31.3 Å². The monoisotopic (exact) mass is 365 g/mol. The summed E-state index contributed by atoms with van der Waals surface area (Å²) < 4.78 is 0. The Morgan fingerprint density at radius 2 is 1.94 bits per heavy atom. The van der Waals surface area contributed by atoms with Crippen molar-refractivity contribution in [1.82, 2.24) is 5.32 Å². The van der Waals surface area contributed by atoms with Crippen molar-refractivity contribution in [3.05, 3.63) is 29.8 Å². The van der Waals surface area contributed by atoms with E-state index >= 15 is 0 Å². The van der Waals surface area contributed by atoms with Crippen LogP contribution in [0.3, 0.4) is 0 Å². The quantitative estimate of drug-likeness (QED) is 0.373. The number of aliphatic imine (C=N–C) groups is 1. The maximum atomic E-state index is 5.71. The fraction of sp³-hybridized carbons (Fsp3) is 0.417. The van der Waals surface area contributed by atoms with Crippen LogP contribution in [0.4, 0.5) is 0 Å². The van der Waals surface area contributed by atoms with Gasteiger partial charge in [0.05, 0.1) is 6.54 Å². The summed E-state index contributed by atoms with van der Waals surface area (Å²) >= 11 is 1.74. The highest BCUT2D eigenvalue weighted by Gasteiger charge is 1.96. The molecule has 0 spiro atoms. The van der Waals surface area contributed by atoms with Gasteiger partial charge in [-0.15, -0.1) is 35.7 Å². The van der Waals surface area contributed by atoms with Crippen molar-refractivity contribution < 1.29 is 0 Å². The first-order chi connectivity index (χ1) is 7.61. The molecule has 0 aliphatic rings. The summed E-state index contributed by atoms with van der Waals surface area (Å²) in [4.78, 5) is 5.53. The lowest BCUT2D eigenvalue weighted by Gasteiger charge is -2.08. The largest absolute Gasteiger partial charge is 0.370 e. The van der Waals surface area contributed by atoms with E-state index in [1.807, 2.05) is 13.8 Å². The zero-order valence-electron chi connectivity index (χ0n) is 10.4. The highest BCUT2D eigenvalue weighted by atomic mass is 127. The van der Waals surface area contributed by atoms with Gasteiger partial charge < -0.3 is 11.1 Å². The van der Waals surface area contributed by atoms with Crippen LogP contribution in [0.1, 0.15) is 19.4 Å². The normalized spacial score (nSPS) is 11.2. The van der Waals surface area contributed by atoms with Crippen molar-refractivity contribution in [1.29, 1.82) is 0 Å². The topological polar surface area (TPSA) is 50.4 Å². The molecule has 5 heteroatoms. The van der Waals surface area contributed by atoms with Crippen molar-refractivity contribution in [3.8, 4) is 0 Å². The van der Waals surface area contributed by atoms with Gasteiger partial charge in [0.15, 0.2) is 5.96 Å². The average Bonchev–Trinajstić information content (AvgIpc) is 2.26. The fourth-order valence-electron chi connectivity index (χ4n) is 1.25. The third-order valence-electron chi connectivity index (χ3n) is 2.03. The van der Waals surface area contributed by atoms with E-state index in [1.165, 1.54) is 10.5 Å². The number of benzene rings is 1. The summed E-state index contributed by atoms with van der Waals surface area (Å²) in [7, 11) is 0. The molecule has 0 atom stereocenters. The van der Waals surface area contributed by atoms with Gasteiger partial charge in [0, 0.05) is 10.9 Å². The molecule has 1 rings (SSSR count). The minimum absolute atomic E-state index is 0. The minimum atomic E-state index is 0. The third-order valence-corrected chi connectivity index (χ3v) is 2.77. The first-order valence-corrected chi connectivity index (χ1v) is 6.53. The van der Waals surface area contributed by atoms with Gasteiger partial charge in [-0.05, 0) is 37.8 Å². The molecule has 0 amide bonds. The number of guanidine groups is 1. The van der Waals surface area contributed by atoms with Gasteiger partial charge >= 0.3 is 0 Å². The molecule has 0 aliphatic carbocycles. The van der Waals surface area contributed by atoms with E-state index < -0.39 is 0 Å². The molecule has 0 aliphatic heterocycles. The number of thioether (sulfide) groups is 1. The van der Waals surface area contributed by atoms with Gasteiger partial charge in [-0.2, -0.15) is 0 Å². The first-order valence-electron chi connectivity index (χ1n) is 5.31. The van der Waals surface area contributed by atoms with Crippen molar-refractivity contribution in [2.75, 3.05) is 6.26 Å². The summed E-state index contributed by atoms with van der Waals surface area (Å²) in [6, 6.07) is 8.68. The molecular weight excluding hydrogens is 345 g/mol. The molecule has 0 fully saturated rings. The summed E-state index contributed by atoms with van der Waals surface area (Å²) in [5, 5.41) is 3.06. The minimum Gasteiger partial charge on any atom is -0.370 e. The second-order valence-corrected chi connectivity index (χ2v) is 4.73. The van der Waals surface area contributed by atoms with Crippen molar-refractivity contribution >= 4 is 41.7 Å². The van der Waals surface area contributed by atoms with Crippen molar-refractivity contribution in [2.24, 2.45) is 10.7 Å². The van der Waals surface area contributed by atoms with E-state index in [1.54, 1.807) is 11.8 Å². The molecular formula is C12H20IN3S. The zero-order valence-corrected chi connectivity index (χ0v) is 13.6. The molecule has 1 aromatic carbocycles. The predicted molar refractivity (Wildman–Crippen MR) is 87.2 cm³/mol. The van der Waals surface area contributed by atoms with Crippen LogP contribution in [-0.4, -0.2) is 18.3 Å². The molecule has 17 heavy (non-hydrogen) atoms. The number of halogens is 1. The Labute approximate surface area is 125 Å². The highest BCUT2D eigenvalue weighted by Crippen LogP contribution is 2.15. The molecule has 0 radical (unpaired) electrons. The van der Waals surface area contributed by atoms with Crippen LogP contribution >= 0.6 is 35.7 Å². The molecule has 0 bridgehead atoms. The van der Waals surface area contributed by atoms with E-state index in [2.05, 4.69) is 40.8 Å². The standard InChI is InChI=1S/C12H19N3S.HI/c1-9(2)15-12(13)14-8-10-4-6-11(16-3)7-5-10;/h4-7,9H,8H2,1-3H3,(H3,13,14,15);1H. The Morgan fingerprint density at radius 3 is 2.41 bits per heavy atom. The molecule has 96 valence electrons. The number of nitrogens with one attached hydrogen (secondary N) is 1.